The highest BCUT2D eigenvalue weighted by molar-refractivity contribution is 6.33. The van der Waals surface area contributed by atoms with Crippen molar-refractivity contribution in [1.29, 1.82) is 0 Å². The smallest absolute Gasteiger partial charge is 0.271 e. The van der Waals surface area contributed by atoms with Crippen molar-refractivity contribution >= 4 is 29.1 Å². The van der Waals surface area contributed by atoms with Crippen LogP contribution in [0, 0.1) is 5.82 Å². The van der Waals surface area contributed by atoms with Crippen molar-refractivity contribution in [2.75, 3.05) is 19.0 Å². The van der Waals surface area contributed by atoms with E-state index >= 15 is 0 Å². The van der Waals surface area contributed by atoms with Gasteiger partial charge in [-0.05, 0) is 35.4 Å². The van der Waals surface area contributed by atoms with E-state index in [0.29, 0.717) is 40.8 Å². The predicted octanol–water partition coefficient (Wildman–Crippen LogP) is 3.98. The maximum atomic E-state index is 14.0. The Hall–Kier alpha value is -3.73. The highest BCUT2D eigenvalue weighted by atomic mass is 35.5. The molecule has 1 aliphatic rings. The highest BCUT2D eigenvalue weighted by Crippen LogP contribution is 2.34. The second-order valence-corrected chi connectivity index (χ2v) is 9.30. The summed E-state index contributed by atoms with van der Waals surface area (Å²) in [4.78, 5) is 19.7. The molecule has 1 amide bonds. The molecule has 2 N–H and O–H groups in total. The van der Waals surface area contributed by atoms with Gasteiger partial charge in [-0.2, -0.15) is 5.10 Å². The molecule has 1 atom stereocenters. The Bertz CT molecular complexity index is 1450. The van der Waals surface area contributed by atoms with Gasteiger partial charge in [0, 0.05) is 56.8 Å². The minimum Gasteiger partial charge on any atom is -0.392 e. The summed E-state index contributed by atoms with van der Waals surface area (Å²) in [5.74, 6) is 0.712. The molecule has 1 aliphatic heterocycles. The van der Waals surface area contributed by atoms with Crippen LogP contribution in [-0.4, -0.2) is 55.0 Å². The first kappa shape index (κ1) is 24.9. The number of nitrogens with zero attached hydrogens (tertiary/aromatic N) is 5. The summed E-state index contributed by atoms with van der Waals surface area (Å²) < 4.78 is 23.0. The molecule has 0 radical (unpaired) electrons. The predicted molar refractivity (Wildman–Crippen MR) is 137 cm³/mol. The van der Waals surface area contributed by atoms with Crippen LogP contribution < -0.4 is 5.32 Å². The fourth-order valence-corrected chi connectivity index (χ4v) is 4.81. The first-order chi connectivity index (χ1) is 17.9. The zero-order valence-corrected chi connectivity index (χ0v) is 21.1. The maximum absolute atomic E-state index is 14.0. The van der Waals surface area contributed by atoms with Crippen LogP contribution in [-0.2, 0) is 31.5 Å². The third-order valence-electron chi connectivity index (χ3n) is 6.51. The summed E-state index contributed by atoms with van der Waals surface area (Å²) in [6.45, 7) is 0.692. The fourth-order valence-electron chi connectivity index (χ4n) is 4.60. The van der Waals surface area contributed by atoms with Gasteiger partial charge in [-0.3, -0.25) is 9.48 Å². The van der Waals surface area contributed by atoms with E-state index in [2.05, 4.69) is 15.4 Å². The lowest BCUT2D eigenvalue weighted by Crippen LogP contribution is -2.49. The van der Waals surface area contributed by atoms with E-state index in [0.717, 1.165) is 16.9 Å². The van der Waals surface area contributed by atoms with E-state index in [4.69, 9.17) is 16.3 Å². The molecule has 0 aliphatic carbocycles. The number of aryl methyl sites for hydroxylation is 1. The molecule has 192 valence electrons. The number of hydrogen-bond acceptors (Lipinski definition) is 6. The second-order valence-electron chi connectivity index (χ2n) is 8.89. The van der Waals surface area contributed by atoms with Crippen molar-refractivity contribution < 1.29 is 19.0 Å². The molecule has 1 aromatic carbocycles. The van der Waals surface area contributed by atoms with Gasteiger partial charge in [0.25, 0.3) is 5.91 Å². The lowest BCUT2D eigenvalue weighted by Gasteiger charge is -2.36. The summed E-state index contributed by atoms with van der Waals surface area (Å²) in [6, 6.07) is 9.36. The number of fused-ring (bicyclic) bond motifs is 1. The van der Waals surface area contributed by atoms with E-state index in [1.165, 1.54) is 18.2 Å². The van der Waals surface area contributed by atoms with Crippen LogP contribution in [0.5, 0.6) is 0 Å². The quantitative estimate of drug-likeness (QED) is 0.362. The summed E-state index contributed by atoms with van der Waals surface area (Å²) in [7, 11) is 3.40. The average molecular weight is 525 g/mol. The number of aliphatic hydroxyl groups is 1. The molecule has 0 fully saturated rings. The van der Waals surface area contributed by atoms with Gasteiger partial charge in [-0.25, -0.2) is 9.37 Å². The molecular weight excluding hydrogens is 499 g/mol. The molecule has 0 bridgehead atoms. The van der Waals surface area contributed by atoms with Gasteiger partial charge < -0.3 is 24.6 Å². The largest absolute Gasteiger partial charge is 0.392 e. The number of aromatic nitrogens is 4. The number of hydrogen-bond donors (Lipinski definition) is 2. The Morgan fingerprint density at radius 3 is 2.81 bits per heavy atom. The number of pyridine rings is 1. The molecule has 5 rings (SSSR count). The van der Waals surface area contributed by atoms with Crippen molar-refractivity contribution in [2.24, 2.45) is 7.05 Å². The van der Waals surface area contributed by atoms with Gasteiger partial charge in [-0.1, -0.05) is 17.7 Å². The van der Waals surface area contributed by atoms with Crippen molar-refractivity contribution in [3.8, 4) is 11.1 Å². The van der Waals surface area contributed by atoms with Crippen molar-refractivity contribution in [2.45, 2.75) is 25.7 Å². The SMILES string of the molecule is COC[C@H]1Cn2cc(-c3cc(Nc4ccnn4C)ncc3Cl)cc2C(=O)N1Cc1cc(F)ccc1CO. The van der Waals surface area contributed by atoms with E-state index in [9.17, 15) is 14.3 Å². The molecule has 0 spiro atoms. The lowest BCUT2D eigenvalue weighted by atomic mass is 10.0. The third-order valence-corrected chi connectivity index (χ3v) is 6.81. The second kappa shape index (κ2) is 10.3. The number of methoxy groups -OCH3 is 1. The van der Waals surface area contributed by atoms with Crippen LogP contribution in [0.15, 0.2) is 55.0 Å². The number of carbonyl (C=O) groups is 1. The Kier molecular flexibility index (Phi) is 6.96. The standard InChI is InChI=1S/C26H26ClFN6O3/c1-32-25(5-6-30-32)31-24-9-21(22(27)10-29-24)18-8-23-26(36)34(20(15-37-2)13-33(23)11-18)12-17-7-19(28)4-3-16(17)14-35/h3-11,20,35H,12-15H2,1-2H3,(H,29,31)/t20-/m1/s1. The normalized spacial score (nSPS) is 15.2. The molecule has 4 heterocycles. The summed E-state index contributed by atoms with van der Waals surface area (Å²) >= 11 is 6.51. The van der Waals surface area contributed by atoms with Crippen molar-refractivity contribution in [1.82, 2.24) is 24.2 Å². The number of halogens is 2. The van der Waals surface area contributed by atoms with Gasteiger partial charge >= 0.3 is 0 Å². The highest BCUT2D eigenvalue weighted by Gasteiger charge is 2.34. The third kappa shape index (κ3) is 4.95. The maximum Gasteiger partial charge on any atom is 0.271 e. The molecule has 0 saturated carbocycles. The molecule has 4 aromatic rings. The molecule has 9 nitrogen and oxygen atoms in total. The molecule has 3 aromatic heterocycles. The minimum absolute atomic E-state index is 0.149. The number of nitrogens with one attached hydrogen (secondary N) is 1. The minimum atomic E-state index is -0.423. The summed E-state index contributed by atoms with van der Waals surface area (Å²) in [5.41, 5.74) is 3.10. The Balaban J connectivity index is 1.47. The number of aliphatic hydroxyl groups excluding tert-OH is 1. The van der Waals surface area contributed by atoms with Gasteiger partial charge in [0.2, 0.25) is 0 Å². The fraction of sp³-hybridized carbons (Fsp3) is 0.269. The number of benzene rings is 1. The zero-order valence-electron chi connectivity index (χ0n) is 20.4. The molecule has 11 heteroatoms. The van der Waals surface area contributed by atoms with Crippen LogP contribution in [0.25, 0.3) is 11.1 Å². The Labute approximate surface area is 218 Å². The number of ether oxygens (including phenoxy) is 1. The van der Waals surface area contributed by atoms with Gasteiger partial charge in [0.1, 0.15) is 23.1 Å². The summed E-state index contributed by atoms with van der Waals surface area (Å²) in [5, 5.41) is 17.5. The lowest BCUT2D eigenvalue weighted by molar-refractivity contribution is 0.0386. The topological polar surface area (TPSA) is 97.4 Å². The van der Waals surface area contributed by atoms with Crippen molar-refractivity contribution in [3.05, 3.63) is 82.6 Å². The zero-order chi connectivity index (χ0) is 26.1. The molecule has 0 saturated heterocycles. The number of amides is 1. The van der Waals surface area contributed by atoms with E-state index in [1.54, 1.807) is 35.2 Å². The van der Waals surface area contributed by atoms with Crippen LogP contribution in [0.1, 0.15) is 21.6 Å². The van der Waals surface area contributed by atoms with Crippen LogP contribution in [0.2, 0.25) is 5.02 Å². The van der Waals surface area contributed by atoms with Gasteiger partial charge in [0.05, 0.1) is 30.5 Å². The van der Waals surface area contributed by atoms with Crippen LogP contribution >= 0.6 is 11.6 Å². The van der Waals surface area contributed by atoms with E-state index in [-0.39, 0.29) is 25.1 Å². The number of carbonyl (C=O) groups excluding carboxylic acids is 1. The Morgan fingerprint density at radius 2 is 2.08 bits per heavy atom. The van der Waals surface area contributed by atoms with Crippen LogP contribution in [0.3, 0.4) is 0 Å². The van der Waals surface area contributed by atoms with Crippen LogP contribution in [0.4, 0.5) is 16.0 Å². The number of rotatable bonds is 8. The average Bonchev–Trinajstić information content (AvgIpc) is 3.49. The molecule has 37 heavy (non-hydrogen) atoms. The van der Waals surface area contributed by atoms with Crippen molar-refractivity contribution in [3.63, 3.8) is 0 Å². The van der Waals surface area contributed by atoms with Gasteiger partial charge in [0.15, 0.2) is 0 Å². The molecular formula is C26H26ClFN6O3. The monoisotopic (exact) mass is 524 g/mol. The Morgan fingerprint density at radius 1 is 1.24 bits per heavy atom. The van der Waals surface area contributed by atoms with Gasteiger partial charge in [-0.15, -0.1) is 0 Å². The van der Waals surface area contributed by atoms with E-state index in [1.807, 2.05) is 29.9 Å². The number of anilines is 2. The van der Waals surface area contributed by atoms with E-state index < -0.39 is 5.82 Å². The molecule has 0 unspecified atom stereocenters. The first-order valence-electron chi connectivity index (χ1n) is 11.7. The summed E-state index contributed by atoms with van der Waals surface area (Å²) in [6.07, 6.45) is 5.14. The first-order valence-corrected chi connectivity index (χ1v) is 12.0.